The number of hydrogen-bond donors (Lipinski definition) is 0. The van der Waals surface area contributed by atoms with Crippen LogP contribution in [0.5, 0.6) is 0 Å². The van der Waals surface area contributed by atoms with Gasteiger partial charge < -0.3 is 24.8 Å². The molecule has 2 saturated heterocycles. The zero-order valence-corrected chi connectivity index (χ0v) is 30.6. The number of nitrogens with zero attached hydrogens (tertiary/aromatic N) is 2. The van der Waals surface area contributed by atoms with Gasteiger partial charge in [0.15, 0.2) is 14.8 Å². The Kier molecular flexibility index (Phi) is 10.6. The van der Waals surface area contributed by atoms with E-state index in [2.05, 4.69) is 127 Å². The number of halogens is 2. The van der Waals surface area contributed by atoms with E-state index < -0.39 is 14.8 Å². The molecule has 0 radical (unpaired) electrons. The van der Waals surface area contributed by atoms with Gasteiger partial charge in [-0.25, -0.2) is 0 Å². The predicted octanol–water partition coefficient (Wildman–Crippen LogP) is 2.78. The molecule has 0 saturated carbocycles. The van der Waals surface area contributed by atoms with Gasteiger partial charge in [-0.05, 0) is 67.0 Å². The fourth-order valence-electron chi connectivity index (χ4n) is 6.99. The van der Waals surface area contributed by atoms with Crippen molar-refractivity contribution in [2.24, 2.45) is 0 Å². The van der Waals surface area contributed by atoms with Crippen LogP contribution in [0.25, 0.3) is 0 Å². The Morgan fingerprint density at radius 3 is 1.24 bits per heavy atom. The summed E-state index contributed by atoms with van der Waals surface area (Å²) in [5.41, 5.74) is 1.67. The average Bonchev–Trinajstić information content (AvgIpc) is 3.33. The maximum absolute atomic E-state index is 3.07. The Labute approximate surface area is 245 Å². The first-order valence-electron chi connectivity index (χ1n) is 11.6. The average molecular weight is 659 g/mol. The van der Waals surface area contributed by atoms with Crippen molar-refractivity contribution in [3.05, 3.63) is 47.1 Å². The summed E-state index contributed by atoms with van der Waals surface area (Å²) in [6.45, 7) is 30.7. The summed E-state index contributed by atoms with van der Waals surface area (Å²) >= 11 is 0. The van der Waals surface area contributed by atoms with Crippen LogP contribution in [0.15, 0.2) is 47.1 Å². The molecule has 0 aromatic rings. The van der Waals surface area contributed by atoms with Gasteiger partial charge in [0.1, 0.15) is 10.6 Å². The smallest absolute Gasteiger partial charge is 1.00 e. The molecule has 0 amide bonds. The van der Waals surface area contributed by atoms with Gasteiger partial charge in [0.25, 0.3) is 0 Å². The minimum Gasteiger partial charge on any atom is -1.00 e. The number of allylic oxidation sites excluding steroid dienone is 8. The Balaban J connectivity index is 0.00000193. The largest absolute Gasteiger partial charge is 2.00 e. The quantitative estimate of drug-likeness (QED) is 0.422. The van der Waals surface area contributed by atoms with Crippen LogP contribution in [0.1, 0.15) is 55.4 Å². The number of rotatable bonds is 2. The molecule has 2 heterocycles. The fourth-order valence-corrected chi connectivity index (χ4v) is 32.2. The second-order valence-electron chi connectivity index (χ2n) is 12.3. The first-order valence-corrected chi connectivity index (χ1v) is 19.6. The standard InChI is InChI=1S/C25H44N2P4.2ClH.Zr/c1-23(2,3)26-28(9)19-15-13-17-21(19)30(26,11)25(7,8)31(12)22-18-14-16-20(22)29(10)27(31)24(4,5)6;;;/h13-20H,1-12H3;2*1H;/q+2;;;+2/p-2. The van der Waals surface area contributed by atoms with Crippen LogP contribution in [-0.2, 0) is 26.2 Å². The predicted molar refractivity (Wildman–Crippen MR) is 151 cm³/mol. The monoisotopic (exact) mass is 656 g/mol. The van der Waals surface area contributed by atoms with Crippen molar-refractivity contribution in [3.63, 3.8) is 0 Å². The van der Waals surface area contributed by atoms with Gasteiger partial charge in [-0.3, -0.25) is 0 Å². The maximum Gasteiger partial charge on any atom is 2.00 e. The molecule has 9 heteroatoms. The van der Waals surface area contributed by atoms with E-state index in [1.807, 2.05) is 0 Å². The Bertz CT molecular complexity index is 849. The third kappa shape index (κ3) is 4.39. The molecule has 6 atom stereocenters. The van der Waals surface area contributed by atoms with E-state index in [4.69, 9.17) is 0 Å². The molecule has 2 aliphatic heterocycles. The van der Waals surface area contributed by atoms with Crippen LogP contribution in [0.4, 0.5) is 0 Å². The molecule has 2 fully saturated rings. The fraction of sp³-hybridized carbons (Fsp3) is 0.680. The van der Waals surface area contributed by atoms with Gasteiger partial charge in [-0.1, -0.05) is 24.3 Å². The topological polar surface area (TPSA) is 6.48 Å². The molecule has 0 spiro atoms. The van der Waals surface area contributed by atoms with Crippen LogP contribution in [-0.4, -0.2) is 62.8 Å². The molecule has 190 valence electrons. The maximum atomic E-state index is 3.07. The molecule has 0 aromatic heterocycles. The van der Waals surface area contributed by atoms with E-state index in [9.17, 15) is 0 Å². The van der Waals surface area contributed by atoms with Gasteiger partial charge in [-0.2, -0.15) is 0 Å². The third-order valence-corrected chi connectivity index (χ3v) is 29.6. The normalized spacial score (nSPS) is 37.4. The second kappa shape index (κ2) is 10.6. The molecule has 0 aromatic carbocycles. The van der Waals surface area contributed by atoms with Crippen molar-refractivity contribution < 1.29 is 51.0 Å². The van der Waals surface area contributed by atoms with E-state index in [-0.39, 0.29) is 83.1 Å². The van der Waals surface area contributed by atoms with Gasteiger partial charge in [0.2, 0.25) is 4.90 Å². The van der Waals surface area contributed by atoms with E-state index in [0.717, 1.165) is 0 Å². The van der Waals surface area contributed by atoms with Crippen molar-refractivity contribution in [2.45, 2.75) is 82.7 Å². The first-order chi connectivity index (χ1) is 14.0. The molecule has 4 rings (SSSR count). The molecular formula is C25H44Cl2N2P4Zr+2. The molecule has 34 heavy (non-hydrogen) atoms. The summed E-state index contributed by atoms with van der Waals surface area (Å²) in [7, 11) is -3.64. The Morgan fingerprint density at radius 1 is 0.676 bits per heavy atom. The van der Waals surface area contributed by atoms with Crippen molar-refractivity contribution in [2.75, 3.05) is 26.7 Å². The second-order valence-corrected chi connectivity index (χ2v) is 25.4. The van der Waals surface area contributed by atoms with Crippen LogP contribution in [0.2, 0.25) is 0 Å². The van der Waals surface area contributed by atoms with Crippen LogP contribution in [0.3, 0.4) is 0 Å². The minimum absolute atomic E-state index is 0. The zero-order valence-electron chi connectivity index (χ0n) is 23.1. The minimum atomic E-state index is -1.60. The number of hydrogen-bond acceptors (Lipinski definition) is 2. The summed E-state index contributed by atoms with van der Waals surface area (Å²) in [6, 6.07) is 0. The summed E-state index contributed by atoms with van der Waals surface area (Å²) in [6.07, 6.45) is 14.8. The summed E-state index contributed by atoms with van der Waals surface area (Å²) < 4.78 is 6.13. The summed E-state index contributed by atoms with van der Waals surface area (Å²) in [4.78, 5) is 0.229. The molecule has 0 N–H and O–H groups in total. The van der Waals surface area contributed by atoms with Crippen molar-refractivity contribution in [3.8, 4) is 0 Å². The van der Waals surface area contributed by atoms with Gasteiger partial charge in [-0.15, -0.1) is 8.88 Å². The first kappa shape index (κ1) is 34.1. The summed E-state index contributed by atoms with van der Waals surface area (Å²) in [5, 5.41) is 3.57. The van der Waals surface area contributed by atoms with Crippen molar-refractivity contribution in [1.29, 1.82) is 0 Å². The molecule has 2 nitrogen and oxygen atoms in total. The van der Waals surface area contributed by atoms with Crippen LogP contribution >= 0.6 is 31.0 Å². The SMILES string of the molecule is CP1C2C=CC=C2[P+](C)(C(C)(C)[P+]2(C)C3=CC=CC3P(C)N2C(C)(C)C)N1C(C)(C)C.[Cl-].[Cl-].[Zr+2]. The third-order valence-electron chi connectivity index (χ3n) is 8.22. The van der Waals surface area contributed by atoms with Crippen LogP contribution in [0, 0.1) is 0 Å². The van der Waals surface area contributed by atoms with Gasteiger partial charge in [0.05, 0.1) is 35.7 Å². The Morgan fingerprint density at radius 2 is 0.971 bits per heavy atom. The van der Waals surface area contributed by atoms with E-state index in [1.165, 1.54) is 0 Å². The molecule has 0 bridgehead atoms. The van der Waals surface area contributed by atoms with Crippen LogP contribution < -0.4 is 24.8 Å². The number of fused-ring (bicyclic) bond motifs is 2. The molecule has 4 aliphatic rings. The molecular weight excluding hydrogens is 614 g/mol. The van der Waals surface area contributed by atoms with Crippen molar-refractivity contribution in [1.82, 2.24) is 8.88 Å². The van der Waals surface area contributed by atoms with E-state index >= 15 is 0 Å². The van der Waals surface area contributed by atoms with E-state index in [1.54, 1.807) is 10.6 Å². The summed E-state index contributed by atoms with van der Waals surface area (Å²) in [5.74, 6) is 0. The van der Waals surface area contributed by atoms with Crippen molar-refractivity contribution >= 4 is 31.0 Å². The Hall–Kier alpha value is 2.06. The zero-order chi connectivity index (χ0) is 23.4. The van der Waals surface area contributed by atoms with E-state index in [0.29, 0.717) is 11.3 Å². The molecule has 6 unspecified atom stereocenters. The molecule has 2 aliphatic carbocycles. The van der Waals surface area contributed by atoms with Gasteiger partial charge >= 0.3 is 26.2 Å². The van der Waals surface area contributed by atoms with Gasteiger partial charge in [0, 0.05) is 30.0 Å².